The molecule has 2 nitrogen and oxygen atoms in total. The summed E-state index contributed by atoms with van der Waals surface area (Å²) in [5.41, 5.74) is 4.11. The molecule has 1 aliphatic rings. The Balaban J connectivity index is 1.87. The van der Waals surface area contributed by atoms with Gasteiger partial charge in [0.2, 0.25) is 0 Å². The Labute approximate surface area is 159 Å². The van der Waals surface area contributed by atoms with Gasteiger partial charge < -0.3 is 4.90 Å². The lowest BCUT2D eigenvalue weighted by atomic mass is 10.0. The molecule has 1 atom stereocenters. The molecule has 1 saturated heterocycles. The van der Waals surface area contributed by atoms with Crippen LogP contribution in [0.3, 0.4) is 0 Å². The van der Waals surface area contributed by atoms with E-state index in [2.05, 4.69) is 24.0 Å². The summed E-state index contributed by atoms with van der Waals surface area (Å²) in [6.07, 6.45) is 2.36. The molecule has 0 bridgehead atoms. The highest BCUT2D eigenvalue weighted by Gasteiger charge is 2.27. The van der Waals surface area contributed by atoms with Crippen LogP contribution >= 0.6 is 24.0 Å². The Kier molecular flexibility index (Phi) is 5.92. The molecular weight excluding hydrogens is 346 g/mol. The van der Waals surface area contributed by atoms with Crippen molar-refractivity contribution in [3.05, 3.63) is 70.8 Å². The molecule has 25 heavy (non-hydrogen) atoms. The molecule has 2 aromatic carbocycles. The summed E-state index contributed by atoms with van der Waals surface area (Å²) in [6.45, 7) is 6.10. The third-order valence-electron chi connectivity index (χ3n) is 4.54. The van der Waals surface area contributed by atoms with E-state index in [1.165, 1.54) is 30.2 Å². The lowest BCUT2D eigenvalue weighted by Crippen LogP contribution is -2.25. The Hall–Kier alpha value is -1.65. The van der Waals surface area contributed by atoms with Crippen molar-refractivity contribution in [3.63, 3.8) is 0 Å². The summed E-state index contributed by atoms with van der Waals surface area (Å²) in [4.78, 5) is 15.4. The third kappa shape index (κ3) is 4.50. The van der Waals surface area contributed by atoms with Crippen molar-refractivity contribution >= 4 is 34.1 Å². The van der Waals surface area contributed by atoms with Crippen molar-refractivity contribution in [1.82, 2.24) is 4.90 Å². The summed E-state index contributed by atoms with van der Waals surface area (Å²) >= 11 is 7.16. The van der Waals surface area contributed by atoms with E-state index in [1.54, 1.807) is 0 Å². The van der Waals surface area contributed by atoms with Gasteiger partial charge in [0.25, 0.3) is 0 Å². The van der Waals surface area contributed by atoms with Gasteiger partial charge in [0, 0.05) is 18.7 Å². The highest BCUT2D eigenvalue weighted by atomic mass is 32.2. The molecular formula is C21H23NOS2. The van der Waals surface area contributed by atoms with Crippen LogP contribution in [0.5, 0.6) is 0 Å². The van der Waals surface area contributed by atoms with Gasteiger partial charge in [-0.25, -0.2) is 0 Å². The second-order valence-electron chi connectivity index (χ2n) is 6.60. The number of likely N-dealkylation sites (tertiary alicyclic amines) is 1. The Morgan fingerprint density at radius 3 is 2.04 bits per heavy atom. The van der Waals surface area contributed by atoms with Crippen molar-refractivity contribution in [1.29, 1.82) is 0 Å². The molecule has 1 heterocycles. The van der Waals surface area contributed by atoms with Crippen molar-refractivity contribution in [2.24, 2.45) is 0 Å². The quantitative estimate of drug-likeness (QED) is 0.535. The number of nitrogens with zero attached hydrogens (tertiary/aromatic N) is 1. The number of ketones is 1. The maximum atomic E-state index is 13.2. The highest BCUT2D eigenvalue weighted by molar-refractivity contribution is 8.23. The number of thiocarbonyl (C=S) groups is 1. The average Bonchev–Trinajstić information content (AvgIpc) is 3.15. The zero-order valence-electron chi connectivity index (χ0n) is 14.7. The topological polar surface area (TPSA) is 20.3 Å². The van der Waals surface area contributed by atoms with Gasteiger partial charge in [0.05, 0.1) is 5.25 Å². The maximum Gasteiger partial charge on any atom is 0.180 e. The molecule has 0 aliphatic carbocycles. The zero-order chi connectivity index (χ0) is 17.8. The summed E-state index contributed by atoms with van der Waals surface area (Å²) in [5.74, 6) is 0.121. The molecule has 3 rings (SSSR count). The fourth-order valence-corrected chi connectivity index (χ4v) is 4.50. The van der Waals surface area contributed by atoms with Crippen LogP contribution in [0.4, 0.5) is 0 Å². The molecule has 0 aromatic heterocycles. The third-order valence-corrected chi connectivity index (χ3v) is 6.27. The first kappa shape index (κ1) is 18.2. The second-order valence-corrected chi connectivity index (χ2v) is 8.34. The van der Waals surface area contributed by atoms with E-state index in [0.29, 0.717) is 0 Å². The molecule has 0 spiro atoms. The molecule has 0 saturated carbocycles. The van der Waals surface area contributed by atoms with Gasteiger partial charge in [-0.05, 0) is 32.3 Å². The number of Topliss-reactive ketones (excluding diaryl/α,β-unsaturated/α-hetero) is 1. The van der Waals surface area contributed by atoms with Crippen LogP contribution in [0.1, 0.15) is 45.1 Å². The van der Waals surface area contributed by atoms with Gasteiger partial charge in [-0.1, -0.05) is 83.6 Å². The number of benzene rings is 2. The van der Waals surface area contributed by atoms with Crippen molar-refractivity contribution < 1.29 is 4.79 Å². The summed E-state index contributed by atoms with van der Waals surface area (Å²) in [5, 5.41) is -0.295. The summed E-state index contributed by atoms with van der Waals surface area (Å²) in [7, 11) is 0. The minimum Gasteiger partial charge on any atom is -0.357 e. The fourth-order valence-electron chi connectivity index (χ4n) is 2.96. The number of thioether (sulfide) groups is 1. The first-order valence-electron chi connectivity index (χ1n) is 8.67. The van der Waals surface area contributed by atoms with Crippen LogP contribution in [0.2, 0.25) is 0 Å². The van der Waals surface area contributed by atoms with Crippen LogP contribution in [0.15, 0.2) is 48.5 Å². The van der Waals surface area contributed by atoms with Crippen molar-refractivity contribution in [2.75, 3.05) is 13.1 Å². The molecule has 1 aliphatic heterocycles. The van der Waals surface area contributed by atoms with Crippen molar-refractivity contribution in [2.45, 2.75) is 31.9 Å². The number of carbonyl (C=O) groups is 1. The SMILES string of the molecule is Cc1ccc(C(=O)C(SC(=S)N2CCCC2)c2ccc(C)cc2)cc1. The van der Waals surface area contributed by atoms with E-state index in [0.717, 1.165) is 34.1 Å². The smallest absolute Gasteiger partial charge is 0.180 e. The van der Waals surface area contributed by atoms with E-state index in [9.17, 15) is 4.79 Å². The zero-order valence-corrected chi connectivity index (χ0v) is 16.3. The van der Waals surface area contributed by atoms with Crippen LogP contribution < -0.4 is 0 Å². The lowest BCUT2D eigenvalue weighted by Gasteiger charge is -2.22. The average molecular weight is 370 g/mol. The molecule has 0 N–H and O–H groups in total. The van der Waals surface area contributed by atoms with Gasteiger partial charge in [-0.15, -0.1) is 0 Å². The van der Waals surface area contributed by atoms with Crippen LogP contribution in [-0.4, -0.2) is 28.1 Å². The minimum absolute atomic E-state index is 0.121. The largest absolute Gasteiger partial charge is 0.357 e. The highest BCUT2D eigenvalue weighted by Crippen LogP contribution is 2.35. The minimum atomic E-state index is -0.295. The molecule has 2 aromatic rings. The molecule has 0 radical (unpaired) electrons. The van der Waals surface area contributed by atoms with Crippen LogP contribution in [-0.2, 0) is 0 Å². The standard InChI is InChI=1S/C21H23NOS2/c1-15-5-9-17(10-6-15)19(23)20(18-11-7-16(2)8-12-18)25-21(24)22-13-3-4-14-22/h5-12,20H,3-4,13-14H2,1-2H3. The maximum absolute atomic E-state index is 13.2. The Morgan fingerprint density at radius 1 is 0.960 bits per heavy atom. The van der Waals surface area contributed by atoms with E-state index in [4.69, 9.17) is 12.2 Å². The number of hydrogen-bond donors (Lipinski definition) is 0. The fraction of sp³-hybridized carbons (Fsp3) is 0.333. The first-order valence-corrected chi connectivity index (χ1v) is 9.96. The number of carbonyl (C=O) groups excluding carboxylic acids is 1. The molecule has 130 valence electrons. The van der Waals surface area contributed by atoms with E-state index < -0.39 is 0 Å². The van der Waals surface area contributed by atoms with E-state index >= 15 is 0 Å². The van der Waals surface area contributed by atoms with Gasteiger partial charge in [-0.2, -0.15) is 0 Å². The second kappa shape index (κ2) is 8.15. The predicted molar refractivity (Wildman–Crippen MR) is 110 cm³/mol. The molecule has 1 fully saturated rings. The van der Waals surface area contributed by atoms with Crippen LogP contribution in [0, 0.1) is 13.8 Å². The molecule has 4 heteroatoms. The number of rotatable bonds is 4. The monoisotopic (exact) mass is 369 g/mol. The van der Waals surface area contributed by atoms with Gasteiger partial charge in [0.1, 0.15) is 4.32 Å². The number of aryl methyl sites for hydroxylation is 2. The van der Waals surface area contributed by atoms with Gasteiger partial charge in [0.15, 0.2) is 5.78 Å². The Bertz CT molecular complexity index is 746. The van der Waals surface area contributed by atoms with Gasteiger partial charge in [-0.3, -0.25) is 4.79 Å². The van der Waals surface area contributed by atoms with Crippen molar-refractivity contribution in [3.8, 4) is 0 Å². The Morgan fingerprint density at radius 2 is 1.48 bits per heavy atom. The van der Waals surface area contributed by atoms with Crippen LogP contribution in [0.25, 0.3) is 0 Å². The number of hydrogen-bond acceptors (Lipinski definition) is 3. The predicted octanol–water partition coefficient (Wildman–Crippen LogP) is 5.34. The normalized spacial score (nSPS) is 15.2. The molecule has 1 unspecified atom stereocenters. The lowest BCUT2D eigenvalue weighted by molar-refractivity contribution is 0.0989. The first-order chi connectivity index (χ1) is 12.0. The van der Waals surface area contributed by atoms with E-state index in [-0.39, 0.29) is 11.0 Å². The van der Waals surface area contributed by atoms with E-state index in [1.807, 2.05) is 43.3 Å². The summed E-state index contributed by atoms with van der Waals surface area (Å²) < 4.78 is 0.837. The van der Waals surface area contributed by atoms with Gasteiger partial charge >= 0.3 is 0 Å². The summed E-state index contributed by atoms with van der Waals surface area (Å²) in [6, 6.07) is 16.0. The molecule has 0 amide bonds.